The molecule has 128 valence electrons. The first-order valence-electron chi connectivity index (χ1n) is 7.83. The van der Waals surface area contributed by atoms with Gasteiger partial charge in [0.05, 0.1) is 6.04 Å². The highest BCUT2D eigenvalue weighted by molar-refractivity contribution is 7.14. The number of carbonyl (C=O) groups excluding carboxylic acids is 2. The Kier molecular flexibility index (Phi) is 4.61. The van der Waals surface area contributed by atoms with E-state index < -0.39 is 0 Å². The molecule has 8 nitrogen and oxygen atoms in total. The first kappa shape index (κ1) is 16.6. The molecule has 9 heteroatoms. The third kappa shape index (κ3) is 3.30. The molecule has 3 rings (SSSR count). The number of hydrogen-bond donors (Lipinski definition) is 1. The molecule has 0 saturated carbocycles. The van der Waals surface area contributed by atoms with E-state index in [1.165, 1.54) is 18.3 Å². The van der Waals surface area contributed by atoms with Gasteiger partial charge in [-0.05, 0) is 12.8 Å². The molecular formula is C15H19N5O3S. The van der Waals surface area contributed by atoms with Crippen molar-refractivity contribution in [3.05, 3.63) is 22.8 Å². The molecule has 0 bridgehead atoms. The molecule has 0 aliphatic carbocycles. The largest absolute Gasteiger partial charge is 0.339 e. The van der Waals surface area contributed by atoms with Crippen LogP contribution < -0.4 is 5.32 Å². The number of anilines is 1. The number of hydrogen-bond acceptors (Lipinski definition) is 7. The average molecular weight is 349 g/mol. The first-order chi connectivity index (χ1) is 11.5. The fourth-order valence-corrected chi connectivity index (χ4v) is 3.35. The van der Waals surface area contributed by atoms with Crippen molar-refractivity contribution in [2.24, 2.45) is 0 Å². The molecule has 0 unspecified atom stereocenters. The summed E-state index contributed by atoms with van der Waals surface area (Å²) in [7, 11) is 0. The fraction of sp³-hybridized carbons (Fsp3) is 0.533. The van der Waals surface area contributed by atoms with Crippen molar-refractivity contribution in [2.45, 2.75) is 45.6 Å². The Hall–Kier alpha value is -2.29. The lowest BCUT2D eigenvalue weighted by molar-refractivity contribution is -0.114. The van der Waals surface area contributed by atoms with Crippen LogP contribution >= 0.6 is 11.3 Å². The summed E-state index contributed by atoms with van der Waals surface area (Å²) >= 11 is 1.23. The van der Waals surface area contributed by atoms with Gasteiger partial charge in [0.2, 0.25) is 11.8 Å². The summed E-state index contributed by atoms with van der Waals surface area (Å²) < 4.78 is 5.26. The fourth-order valence-electron chi connectivity index (χ4n) is 2.62. The van der Waals surface area contributed by atoms with E-state index in [9.17, 15) is 9.59 Å². The van der Waals surface area contributed by atoms with Crippen LogP contribution in [0.2, 0.25) is 0 Å². The molecule has 1 aliphatic heterocycles. The monoisotopic (exact) mass is 349 g/mol. The lowest BCUT2D eigenvalue weighted by Gasteiger charge is -2.21. The number of nitrogens with one attached hydrogen (secondary N) is 1. The van der Waals surface area contributed by atoms with Crippen LogP contribution in [0.1, 0.15) is 67.8 Å². The van der Waals surface area contributed by atoms with Gasteiger partial charge in [-0.3, -0.25) is 9.59 Å². The van der Waals surface area contributed by atoms with Gasteiger partial charge in [-0.1, -0.05) is 19.0 Å². The van der Waals surface area contributed by atoms with Gasteiger partial charge in [-0.25, -0.2) is 4.98 Å². The van der Waals surface area contributed by atoms with Crippen molar-refractivity contribution in [1.29, 1.82) is 0 Å². The average Bonchev–Trinajstić information content (AvgIpc) is 3.25. The molecule has 2 aromatic rings. The smallest absolute Gasteiger partial charge is 0.274 e. The second-order valence-corrected chi connectivity index (χ2v) is 6.88. The normalized spacial score (nSPS) is 17.5. The summed E-state index contributed by atoms with van der Waals surface area (Å²) in [4.78, 5) is 34.1. The van der Waals surface area contributed by atoms with Gasteiger partial charge >= 0.3 is 0 Å². The number of amides is 2. The third-order valence-electron chi connectivity index (χ3n) is 3.77. The maximum absolute atomic E-state index is 12.7. The lowest BCUT2D eigenvalue weighted by atomic mass is 10.2. The van der Waals surface area contributed by atoms with E-state index in [0.717, 1.165) is 12.8 Å². The van der Waals surface area contributed by atoms with Crippen LogP contribution in [0, 0.1) is 0 Å². The summed E-state index contributed by atoms with van der Waals surface area (Å²) in [6, 6.07) is -0.195. The van der Waals surface area contributed by atoms with Gasteiger partial charge in [0.15, 0.2) is 11.0 Å². The molecule has 3 heterocycles. The van der Waals surface area contributed by atoms with Gasteiger partial charge in [0.1, 0.15) is 5.69 Å². The van der Waals surface area contributed by atoms with Crippen LogP contribution in [0.25, 0.3) is 0 Å². The van der Waals surface area contributed by atoms with Crippen LogP contribution in [-0.2, 0) is 4.79 Å². The van der Waals surface area contributed by atoms with Crippen molar-refractivity contribution in [3.63, 3.8) is 0 Å². The van der Waals surface area contributed by atoms with E-state index >= 15 is 0 Å². The Labute approximate surface area is 143 Å². The second kappa shape index (κ2) is 6.68. The molecule has 2 aromatic heterocycles. The van der Waals surface area contributed by atoms with Gasteiger partial charge in [0, 0.05) is 24.8 Å². The zero-order valence-electron chi connectivity index (χ0n) is 13.8. The standard InChI is InChI=1S/C15H19N5O3S/c1-8(2)13-18-12(19-23-13)11-5-4-6-20(11)14(22)10-7-24-15(17-10)16-9(3)21/h7-8,11H,4-6H2,1-3H3,(H,16,17,21)/t11-/m1/s1. The number of likely N-dealkylation sites (tertiary alicyclic amines) is 1. The highest BCUT2D eigenvalue weighted by Crippen LogP contribution is 2.32. The first-order valence-corrected chi connectivity index (χ1v) is 8.71. The second-order valence-electron chi connectivity index (χ2n) is 6.02. The van der Waals surface area contributed by atoms with E-state index in [4.69, 9.17) is 4.52 Å². The van der Waals surface area contributed by atoms with E-state index in [1.807, 2.05) is 13.8 Å². The lowest BCUT2D eigenvalue weighted by Crippen LogP contribution is -2.31. The predicted octanol–water partition coefficient (Wildman–Crippen LogP) is 2.59. The van der Waals surface area contributed by atoms with Crippen LogP contribution in [0.5, 0.6) is 0 Å². The SMILES string of the molecule is CC(=O)Nc1nc(C(=O)N2CCC[C@@H]2c2noc(C(C)C)n2)cs1. The van der Waals surface area contributed by atoms with Crippen LogP contribution in [0.4, 0.5) is 5.13 Å². The van der Waals surface area contributed by atoms with E-state index in [-0.39, 0.29) is 23.8 Å². The van der Waals surface area contributed by atoms with Gasteiger partial charge in [-0.2, -0.15) is 4.98 Å². The molecule has 1 fully saturated rings. The number of thiazole rings is 1. The zero-order chi connectivity index (χ0) is 17.3. The number of rotatable bonds is 4. The van der Waals surface area contributed by atoms with Crippen LogP contribution in [0.15, 0.2) is 9.90 Å². The van der Waals surface area contributed by atoms with Gasteiger partial charge < -0.3 is 14.7 Å². The Morgan fingerprint density at radius 2 is 2.21 bits per heavy atom. The number of carbonyl (C=O) groups is 2. The summed E-state index contributed by atoms with van der Waals surface area (Å²) in [5, 5.41) is 8.69. The van der Waals surface area contributed by atoms with Crippen molar-refractivity contribution in [2.75, 3.05) is 11.9 Å². The van der Waals surface area contributed by atoms with Crippen molar-refractivity contribution in [3.8, 4) is 0 Å². The molecule has 0 aromatic carbocycles. The minimum Gasteiger partial charge on any atom is -0.339 e. The Bertz CT molecular complexity index is 754. The number of aromatic nitrogens is 3. The highest BCUT2D eigenvalue weighted by atomic mass is 32.1. The molecular weight excluding hydrogens is 330 g/mol. The minimum absolute atomic E-state index is 0.149. The maximum Gasteiger partial charge on any atom is 0.274 e. The van der Waals surface area contributed by atoms with Gasteiger partial charge in [0.25, 0.3) is 5.91 Å². The van der Waals surface area contributed by atoms with E-state index in [0.29, 0.717) is 29.1 Å². The molecule has 24 heavy (non-hydrogen) atoms. The molecule has 1 atom stereocenters. The van der Waals surface area contributed by atoms with E-state index in [2.05, 4.69) is 20.4 Å². The summed E-state index contributed by atoms with van der Waals surface area (Å²) in [5.41, 5.74) is 0.322. The third-order valence-corrected chi connectivity index (χ3v) is 4.53. The predicted molar refractivity (Wildman–Crippen MR) is 87.8 cm³/mol. The van der Waals surface area contributed by atoms with Crippen LogP contribution in [-0.4, -0.2) is 38.4 Å². The Morgan fingerprint density at radius 1 is 1.42 bits per heavy atom. The van der Waals surface area contributed by atoms with Gasteiger partial charge in [-0.15, -0.1) is 11.3 Å². The summed E-state index contributed by atoms with van der Waals surface area (Å²) in [6.07, 6.45) is 1.68. The van der Waals surface area contributed by atoms with E-state index in [1.54, 1.807) is 10.3 Å². The molecule has 1 saturated heterocycles. The highest BCUT2D eigenvalue weighted by Gasteiger charge is 2.35. The molecule has 0 spiro atoms. The number of nitrogens with zero attached hydrogens (tertiary/aromatic N) is 4. The van der Waals surface area contributed by atoms with Crippen molar-refractivity contribution >= 4 is 28.3 Å². The molecule has 0 radical (unpaired) electrons. The summed E-state index contributed by atoms with van der Waals surface area (Å²) in [6.45, 7) is 5.99. The zero-order valence-corrected chi connectivity index (χ0v) is 14.6. The minimum atomic E-state index is -0.213. The molecule has 1 aliphatic rings. The molecule has 2 amide bonds. The summed E-state index contributed by atoms with van der Waals surface area (Å²) in [5.74, 6) is 0.875. The van der Waals surface area contributed by atoms with Crippen molar-refractivity contribution in [1.82, 2.24) is 20.0 Å². The molecule has 1 N–H and O–H groups in total. The topological polar surface area (TPSA) is 101 Å². The maximum atomic E-state index is 12.7. The Morgan fingerprint density at radius 3 is 2.88 bits per heavy atom. The Balaban J connectivity index is 1.78. The van der Waals surface area contributed by atoms with Crippen LogP contribution in [0.3, 0.4) is 0 Å². The quantitative estimate of drug-likeness (QED) is 0.910. The van der Waals surface area contributed by atoms with Crippen molar-refractivity contribution < 1.29 is 14.1 Å².